The molecule has 1 aromatic heterocycles. The van der Waals surface area contributed by atoms with Crippen molar-refractivity contribution in [3.63, 3.8) is 0 Å². The molecular weight excluding hydrogens is 342 g/mol. The molecule has 3 nitrogen and oxygen atoms in total. The summed E-state index contributed by atoms with van der Waals surface area (Å²) >= 11 is 0. The van der Waals surface area contributed by atoms with Crippen LogP contribution in [0.25, 0.3) is 10.9 Å². The summed E-state index contributed by atoms with van der Waals surface area (Å²) in [5.74, 6) is 0. The SMILES string of the molecule is N#Cc1ccc2[nH]cc(CCN(Cc3ccccc3)Cc3ccccc3)c2c1. The predicted octanol–water partition coefficient (Wildman–Crippen LogP) is 5.28. The van der Waals surface area contributed by atoms with E-state index in [1.807, 2.05) is 18.2 Å². The topological polar surface area (TPSA) is 42.8 Å². The second kappa shape index (κ2) is 8.56. The van der Waals surface area contributed by atoms with E-state index in [1.54, 1.807) is 0 Å². The van der Waals surface area contributed by atoms with Gasteiger partial charge in [0, 0.05) is 36.7 Å². The Morgan fingerprint density at radius 1 is 0.821 bits per heavy atom. The molecule has 3 heteroatoms. The second-order valence-electron chi connectivity index (χ2n) is 7.12. The van der Waals surface area contributed by atoms with Gasteiger partial charge in [0.15, 0.2) is 0 Å². The fourth-order valence-corrected chi connectivity index (χ4v) is 3.63. The minimum Gasteiger partial charge on any atom is -0.361 e. The van der Waals surface area contributed by atoms with Crippen molar-refractivity contribution in [2.24, 2.45) is 0 Å². The zero-order chi connectivity index (χ0) is 19.2. The number of rotatable bonds is 7. The Bertz CT molecular complexity index is 1030. The van der Waals surface area contributed by atoms with E-state index in [4.69, 9.17) is 0 Å². The zero-order valence-electron chi connectivity index (χ0n) is 15.8. The molecule has 0 amide bonds. The Morgan fingerprint density at radius 3 is 2.07 bits per heavy atom. The maximum absolute atomic E-state index is 9.20. The molecule has 0 spiro atoms. The molecule has 0 bridgehead atoms. The zero-order valence-corrected chi connectivity index (χ0v) is 15.8. The van der Waals surface area contributed by atoms with Crippen molar-refractivity contribution in [3.8, 4) is 6.07 Å². The summed E-state index contributed by atoms with van der Waals surface area (Å²) in [7, 11) is 0. The molecule has 0 aliphatic carbocycles. The molecule has 1 N–H and O–H groups in total. The maximum atomic E-state index is 9.20. The van der Waals surface area contributed by atoms with Crippen LogP contribution in [0.2, 0.25) is 0 Å². The largest absolute Gasteiger partial charge is 0.361 e. The van der Waals surface area contributed by atoms with E-state index in [2.05, 4.69) is 82.8 Å². The van der Waals surface area contributed by atoms with Gasteiger partial charge in [0.2, 0.25) is 0 Å². The lowest BCUT2D eigenvalue weighted by atomic mass is 10.1. The molecule has 4 aromatic rings. The van der Waals surface area contributed by atoms with Gasteiger partial charge in [-0.1, -0.05) is 60.7 Å². The van der Waals surface area contributed by atoms with Crippen LogP contribution in [-0.2, 0) is 19.5 Å². The summed E-state index contributed by atoms with van der Waals surface area (Å²) in [4.78, 5) is 5.82. The number of aromatic nitrogens is 1. The molecule has 138 valence electrons. The molecule has 0 atom stereocenters. The molecular formula is C25H23N3. The number of hydrogen-bond acceptors (Lipinski definition) is 2. The molecule has 1 heterocycles. The lowest BCUT2D eigenvalue weighted by Gasteiger charge is -2.22. The Labute approximate surface area is 165 Å². The summed E-state index contributed by atoms with van der Waals surface area (Å²) in [5.41, 5.74) is 5.71. The summed E-state index contributed by atoms with van der Waals surface area (Å²) in [6.45, 7) is 2.79. The van der Waals surface area contributed by atoms with Crippen LogP contribution in [0.1, 0.15) is 22.3 Å². The van der Waals surface area contributed by atoms with Crippen molar-refractivity contribution in [3.05, 3.63) is 107 Å². The normalized spacial score (nSPS) is 11.0. The maximum Gasteiger partial charge on any atom is 0.0991 e. The molecule has 0 saturated carbocycles. The lowest BCUT2D eigenvalue weighted by molar-refractivity contribution is 0.260. The van der Waals surface area contributed by atoms with Gasteiger partial charge in [-0.05, 0) is 41.3 Å². The van der Waals surface area contributed by atoms with Crippen LogP contribution in [-0.4, -0.2) is 16.4 Å². The number of H-pyrrole nitrogens is 1. The molecule has 4 rings (SSSR count). The Kier molecular flexibility index (Phi) is 5.51. The quantitative estimate of drug-likeness (QED) is 0.484. The van der Waals surface area contributed by atoms with Crippen LogP contribution < -0.4 is 0 Å². The van der Waals surface area contributed by atoms with Gasteiger partial charge < -0.3 is 4.98 Å². The third-order valence-corrected chi connectivity index (χ3v) is 5.09. The smallest absolute Gasteiger partial charge is 0.0991 e. The first-order chi connectivity index (χ1) is 13.8. The fraction of sp³-hybridized carbons (Fsp3) is 0.160. The van der Waals surface area contributed by atoms with Crippen molar-refractivity contribution < 1.29 is 0 Å². The van der Waals surface area contributed by atoms with Gasteiger partial charge in [-0.3, -0.25) is 4.90 Å². The molecule has 0 aliphatic rings. The number of fused-ring (bicyclic) bond motifs is 1. The minimum atomic E-state index is 0.707. The number of nitrogens with zero attached hydrogens (tertiary/aromatic N) is 2. The van der Waals surface area contributed by atoms with E-state index in [1.165, 1.54) is 16.7 Å². The van der Waals surface area contributed by atoms with E-state index in [9.17, 15) is 5.26 Å². The van der Waals surface area contributed by atoms with Crippen LogP contribution in [0, 0.1) is 11.3 Å². The highest BCUT2D eigenvalue weighted by molar-refractivity contribution is 5.84. The van der Waals surface area contributed by atoms with E-state index in [-0.39, 0.29) is 0 Å². The third kappa shape index (κ3) is 4.31. The highest BCUT2D eigenvalue weighted by Gasteiger charge is 2.10. The van der Waals surface area contributed by atoms with Gasteiger partial charge in [-0.25, -0.2) is 0 Å². The summed E-state index contributed by atoms with van der Waals surface area (Å²) in [6, 6.07) is 29.3. The first kappa shape index (κ1) is 18.0. The van der Waals surface area contributed by atoms with Gasteiger partial charge in [0.25, 0.3) is 0 Å². The van der Waals surface area contributed by atoms with Gasteiger partial charge in [-0.15, -0.1) is 0 Å². The number of nitrogens with one attached hydrogen (secondary N) is 1. The summed E-state index contributed by atoms with van der Waals surface area (Å²) in [5, 5.41) is 10.4. The minimum absolute atomic E-state index is 0.707. The van der Waals surface area contributed by atoms with Crippen molar-refractivity contribution in [2.45, 2.75) is 19.5 Å². The van der Waals surface area contributed by atoms with Crippen molar-refractivity contribution >= 4 is 10.9 Å². The molecule has 0 saturated heterocycles. The first-order valence-corrected chi connectivity index (χ1v) is 9.62. The monoisotopic (exact) mass is 365 g/mol. The second-order valence-corrected chi connectivity index (χ2v) is 7.12. The lowest BCUT2D eigenvalue weighted by Crippen LogP contribution is -2.25. The summed E-state index contributed by atoms with van der Waals surface area (Å²) in [6.07, 6.45) is 3.02. The standard InChI is InChI=1S/C25H23N3/c26-16-22-11-12-25-24(15-22)23(17-27-25)13-14-28(18-20-7-3-1-4-8-20)19-21-9-5-2-6-10-21/h1-12,15,17,27H,13-14,18-19H2. The van der Waals surface area contributed by atoms with E-state index < -0.39 is 0 Å². The third-order valence-electron chi connectivity index (χ3n) is 5.09. The molecule has 0 aliphatic heterocycles. The summed E-state index contributed by atoms with van der Waals surface area (Å²) < 4.78 is 0. The number of nitriles is 1. The highest BCUT2D eigenvalue weighted by Crippen LogP contribution is 2.21. The van der Waals surface area contributed by atoms with E-state index in [0.717, 1.165) is 37.0 Å². The van der Waals surface area contributed by atoms with E-state index in [0.29, 0.717) is 5.56 Å². The van der Waals surface area contributed by atoms with Crippen LogP contribution in [0.5, 0.6) is 0 Å². The van der Waals surface area contributed by atoms with Crippen LogP contribution in [0.15, 0.2) is 85.1 Å². The van der Waals surface area contributed by atoms with Gasteiger partial charge in [-0.2, -0.15) is 5.26 Å². The average molecular weight is 365 g/mol. The number of aromatic amines is 1. The predicted molar refractivity (Wildman–Crippen MR) is 114 cm³/mol. The Morgan fingerprint density at radius 2 is 1.46 bits per heavy atom. The van der Waals surface area contributed by atoms with Crippen LogP contribution in [0.4, 0.5) is 0 Å². The van der Waals surface area contributed by atoms with Crippen LogP contribution in [0.3, 0.4) is 0 Å². The van der Waals surface area contributed by atoms with E-state index >= 15 is 0 Å². The molecule has 0 unspecified atom stereocenters. The molecule has 3 aromatic carbocycles. The number of benzene rings is 3. The number of hydrogen-bond donors (Lipinski definition) is 1. The molecule has 28 heavy (non-hydrogen) atoms. The fourth-order valence-electron chi connectivity index (χ4n) is 3.63. The Balaban J connectivity index is 1.53. The van der Waals surface area contributed by atoms with Gasteiger partial charge in [0.1, 0.15) is 0 Å². The molecule has 0 fully saturated rings. The van der Waals surface area contributed by atoms with Gasteiger partial charge >= 0.3 is 0 Å². The first-order valence-electron chi connectivity index (χ1n) is 9.62. The Hall–Kier alpha value is -3.35. The van der Waals surface area contributed by atoms with Crippen LogP contribution >= 0.6 is 0 Å². The molecule has 0 radical (unpaired) electrons. The highest BCUT2D eigenvalue weighted by atomic mass is 15.1. The van der Waals surface area contributed by atoms with Crippen molar-refractivity contribution in [2.75, 3.05) is 6.54 Å². The van der Waals surface area contributed by atoms with Gasteiger partial charge in [0.05, 0.1) is 11.6 Å². The average Bonchev–Trinajstić information content (AvgIpc) is 3.15. The van der Waals surface area contributed by atoms with Crippen molar-refractivity contribution in [1.29, 1.82) is 5.26 Å². The van der Waals surface area contributed by atoms with Crippen molar-refractivity contribution in [1.82, 2.24) is 9.88 Å².